The van der Waals surface area contributed by atoms with Gasteiger partial charge in [-0.05, 0) is 47.9 Å². The lowest BCUT2D eigenvalue weighted by Crippen LogP contribution is -2.33. The second-order valence-electron chi connectivity index (χ2n) is 8.03. The molecule has 1 heterocycles. The van der Waals surface area contributed by atoms with Crippen LogP contribution in [0.25, 0.3) is 0 Å². The molecule has 0 bridgehead atoms. The molecule has 0 fully saturated rings. The third-order valence-electron chi connectivity index (χ3n) is 5.38. The maximum atomic E-state index is 13.7. The van der Waals surface area contributed by atoms with Crippen LogP contribution in [-0.2, 0) is 30.1 Å². The van der Waals surface area contributed by atoms with Gasteiger partial charge in [0.25, 0.3) is 0 Å². The van der Waals surface area contributed by atoms with Gasteiger partial charge in [-0.3, -0.25) is 0 Å². The molecular formula is C28H30F6N2O2. The SMILES string of the molecule is CC.O=CCc1cccc(OCCCN(Cc2ccc(C(F)(F)F)cc2C(F)(F)F)C2=NC=CC=CC2)c1. The summed E-state index contributed by atoms with van der Waals surface area (Å²) in [7, 11) is 0. The van der Waals surface area contributed by atoms with E-state index in [1.165, 1.54) is 6.20 Å². The molecule has 4 nitrogen and oxygen atoms in total. The number of halogens is 6. The number of nitrogens with zero attached hydrogens (tertiary/aromatic N) is 2. The number of alkyl halides is 6. The van der Waals surface area contributed by atoms with Gasteiger partial charge in [-0.25, -0.2) is 4.99 Å². The van der Waals surface area contributed by atoms with Gasteiger partial charge in [-0.2, -0.15) is 26.3 Å². The van der Waals surface area contributed by atoms with Gasteiger partial charge in [0.15, 0.2) is 0 Å². The molecule has 1 aliphatic heterocycles. The molecule has 1 aliphatic rings. The molecule has 206 valence electrons. The number of rotatable bonds is 9. The fourth-order valence-electron chi connectivity index (χ4n) is 3.66. The molecule has 0 N–H and O–H groups in total. The smallest absolute Gasteiger partial charge is 0.416 e. The van der Waals surface area contributed by atoms with Crippen LogP contribution in [0.5, 0.6) is 5.75 Å². The normalized spacial score (nSPS) is 13.2. The van der Waals surface area contributed by atoms with E-state index in [2.05, 4.69) is 4.99 Å². The molecule has 0 atom stereocenters. The molecule has 0 saturated heterocycles. The van der Waals surface area contributed by atoms with Crippen LogP contribution in [0.15, 0.2) is 71.9 Å². The van der Waals surface area contributed by atoms with Crippen LogP contribution in [-0.4, -0.2) is 30.2 Å². The van der Waals surface area contributed by atoms with Gasteiger partial charge in [0.05, 0.1) is 17.7 Å². The molecule has 0 radical (unpaired) electrons. The van der Waals surface area contributed by atoms with Crippen LogP contribution >= 0.6 is 0 Å². The number of allylic oxidation sites excluding steroid dienone is 2. The van der Waals surface area contributed by atoms with Gasteiger partial charge >= 0.3 is 12.4 Å². The Hall–Kier alpha value is -3.56. The van der Waals surface area contributed by atoms with E-state index in [0.29, 0.717) is 30.5 Å². The summed E-state index contributed by atoms with van der Waals surface area (Å²) in [5.74, 6) is 1.04. The van der Waals surface area contributed by atoms with Gasteiger partial charge < -0.3 is 14.4 Å². The standard InChI is InChI=1S/C26H24F6N2O2.C2H6/c27-25(28,29)21-10-9-20(23(17-21)26(30,31)32)18-34(24-8-2-1-3-12-33-24)13-5-15-36-22-7-4-6-19(16-22)11-14-35;1-2/h1-4,6-7,9-10,12,14,16-17H,5,8,11,13,15,18H2;1-2H3. The molecule has 3 rings (SSSR count). The van der Waals surface area contributed by atoms with E-state index >= 15 is 0 Å². The van der Waals surface area contributed by atoms with Crippen molar-refractivity contribution in [1.82, 2.24) is 4.90 Å². The van der Waals surface area contributed by atoms with Gasteiger partial charge in [0, 0.05) is 32.1 Å². The van der Waals surface area contributed by atoms with E-state index in [4.69, 9.17) is 4.74 Å². The molecule has 0 unspecified atom stereocenters. The van der Waals surface area contributed by atoms with Crippen molar-refractivity contribution in [3.05, 3.63) is 89.1 Å². The first-order valence-corrected chi connectivity index (χ1v) is 12.1. The fraction of sp³-hybridized carbons (Fsp3) is 0.357. The van der Waals surface area contributed by atoms with Crippen molar-refractivity contribution >= 4 is 12.1 Å². The third kappa shape index (κ3) is 9.39. The van der Waals surface area contributed by atoms with Crippen LogP contribution < -0.4 is 4.74 Å². The number of carbonyl (C=O) groups excluding carboxylic acids is 1. The number of aldehydes is 1. The van der Waals surface area contributed by atoms with E-state index in [9.17, 15) is 31.1 Å². The summed E-state index contributed by atoms with van der Waals surface area (Å²) < 4.78 is 85.9. The first-order valence-electron chi connectivity index (χ1n) is 12.1. The van der Waals surface area contributed by atoms with E-state index in [0.717, 1.165) is 17.9 Å². The van der Waals surface area contributed by atoms with E-state index in [1.54, 1.807) is 47.4 Å². The van der Waals surface area contributed by atoms with Gasteiger partial charge in [0.1, 0.15) is 17.9 Å². The topological polar surface area (TPSA) is 41.9 Å². The molecule has 0 aliphatic carbocycles. The van der Waals surface area contributed by atoms with Crippen molar-refractivity contribution in [1.29, 1.82) is 0 Å². The third-order valence-corrected chi connectivity index (χ3v) is 5.38. The van der Waals surface area contributed by atoms with Crippen LogP contribution in [0.1, 0.15) is 48.9 Å². The molecule has 2 aromatic rings. The van der Waals surface area contributed by atoms with Crippen molar-refractivity contribution < 1.29 is 35.9 Å². The van der Waals surface area contributed by atoms with Crippen molar-refractivity contribution in [3.63, 3.8) is 0 Å². The Morgan fingerprint density at radius 2 is 1.76 bits per heavy atom. The predicted molar refractivity (Wildman–Crippen MR) is 135 cm³/mol. The van der Waals surface area contributed by atoms with Crippen molar-refractivity contribution in [2.45, 2.75) is 52.0 Å². The molecule has 10 heteroatoms. The largest absolute Gasteiger partial charge is 0.494 e. The maximum Gasteiger partial charge on any atom is 0.416 e. The molecule has 2 aromatic carbocycles. The minimum absolute atomic E-state index is 0.150. The minimum atomic E-state index is -4.96. The van der Waals surface area contributed by atoms with Crippen LogP contribution in [0.3, 0.4) is 0 Å². The summed E-state index contributed by atoms with van der Waals surface area (Å²) in [5.41, 5.74) is -2.17. The highest BCUT2D eigenvalue weighted by Crippen LogP contribution is 2.37. The first-order chi connectivity index (χ1) is 18.1. The second-order valence-corrected chi connectivity index (χ2v) is 8.03. The minimum Gasteiger partial charge on any atom is -0.494 e. The van der Waals surface area contributed by atoms with Crippen LogP contribution in [0, 0.1) is 0 Å². The number of aliphatic imine (C=N–C) groups is 1. The Morgan fingerprint density at radius 3 is 2.45 bits per heavy atom. The van der Waals surface area contributed by atoms with E-state index in [1.807, 2.05) is 13.8 Å². The van der Waals surface area contributed by atoms with Gasteiger partial charge in [-0.15, -0.1) is 0 Å². The number of carbonyl (C=O) groups is 1. The maximum absolute atomic E-state index is 13.7. The van der Waals surface area contributed by atoms with Gasteiger partial charge in [0.2, 0.25) is 0 Å². The highest BCUT2D eigenvalue weighted by atomic mass is 19.4. The molecule has 0 amide bonds. The Bertz CT molecular complexity index is 1140. The van der Waals surface area contributed by atoms with Crippen LogP contribution in [0.2, 0.25) is 0 Å². The summed E-state index contributed by atoms with van der Waals surface area (Å²) in [5, 5.41) is 0. The zero-order chi connectivity index (χ0) is 28.2. The molecule has 0 saturated carbocycles. The zero-order valence-corrected chi connectivity index (χ0v) is 21.1. The predicted octanol–water partition coefficient (Wildman–Crippen LogP) is 7.64. The highest BCUT2D eigenvalue weighted by molar-refractivity contribution is 5.84. The monoisotopic (exact) mass is 540 g/mol. The Kier molecular flexibility index (Phi) is 11.6. The number of hydrogen-bond donors (Lipinski definition) is 0. The fourth-order valence-corrected chi connectivity index (χ4v) is 3.66. The number of amidine groups is 1. The lowest BCUT2D eigenvalue weighted by Gasteiger charge is -2.27. The summed E-state index contributed by atoms with van der Waals surface area (Å²) in [6, 6.07) is 8.68. The van der Waals surface area contributed by atoms with Gasteiger partial charge in [-0.1, -0.05) is 44.2 Å². The van der Waals surface area contributed by atoms with Crippen molar-refractivity contribution in [2.75, 3.05) is 13.2 Å². The summed E-state index contributed by atoms with van der Waals surface area (Å²) in [6.45, 7) is 4.22. The summed E-state index contributed by atoms with van der Waals surface area (Å²) >= 11 is 0. The molecule has 0 aromatic heterocycles. The number of hydrogen-bond acceptors (Lipinski definition) is 4. The Morgan fingerprint density at radius 1 is 1.00 bits per heavy atom. The quantitative estimate of drug-likeness (QED) is 0.187. The lowest BCUT2D eigenvalue weighted by atomic mass is 10.0. The Labute approximate surface area is 218 Å². The number of ether oxygens (including phenoxy) is 1. The average Bonchev–Trinajstić information content (AvgIpc) is 3.16. The highest BCUT2D eigenvalue weighted by Gasteiger charge is 2.38. The van der Waals surface area contributed by atoms with Crippen molar-refractivity contribution in [2.24, 2.45) is 4.99 Å². The van der Waals surface area contributed by atoms with Crippen molar-refractivity contribution in [3.8, 4) is 5.75 Å². The second kappa shape index (κ2) is 14.4. The molecule has 0 spiro atoms. The van der Waals surface area contributed by atoms with E-state index < -0.39 is 23.5 Å². The van der Waals surface area contributed by atoms with E-state index in [-0.39, 0.29) is 37.7 Å². The molecular weight excluding hydrogens is 510 g/mol. The molecule has 38 heavy (non-hydrogen) atoms. The summed E-state index contributed by atoms with van der Waals surface area (Å²) in [6.07, 6.45) is -1.31. The zero-order valence-electron chi connectivity index (χ0n) is 21.1. The summed E-state index contributed by atoms with van der Waals surface area (Å²) in [4.78, 5) is 16.6. The Balaban J connectivity index is 0.00000247. The van der Waals surface area contributed by atoms with Crippen LogP contribution in [0.4, 0.5) is 26.3 Å². The average molecular weight is 541 g/mol. The lowest BCUT2D eigenvalue weighted by molar-refractivity contribution is -0.143. The first kappa shape index (κ1) is 30.7. The number of benzene rings is 2.